The Labute approximate surface area is 248 Å². The molecule has 0 fully saturated rings. The lowest BCUT2D eigenvalue weighted by molar-refractivity contribution is -0.141. The minimum Gasteiger partial charge on any atom is -0.486 e. The maximum Gasteiger partial charge on any atom is 0.243 e. The summed E-state index contributed by atoms with van der Waals surface area (Å²) in [5.74, 6) is 0.591. The molecule has 9 nitrogen and oxygen atoms in total. The SMILES string of the molecule is CC(C)NC(=O)[C@H](Cc1ccccc1)N(Cc1ccccc1)C(=O)CCCN(c1ccc2c(c1)OCCO2)S(C)(=O)=O. The molecule has 1 aliphatic heterocycles. The number of amides is 2. The Bertz CT molecular complexity index is 1450. The Hall–Kier alpha value is -4.05. The maximum absolute atomic E-state index is 13.9. The normalized spacial score (nSPS) is 13.3. The second kappa shape index (κ2) is 14.2. The van der Waals surface area contributed by atoms with Crippen LogP contribution in [-0.2, 0) is 32.6 Å². The summed E-state index contributed by atoms with van der Waals surface area (Å²) in [6.07, 6.45) is 1.81. The number of rotatable bonds is 13. The fourth-order valence-corrected chi connectivity index (χ4v) is 5.86. The minimum absolute atomic E-state index is 0.0592. The molecule has 0 aromatic heterocycles. The van der Waals surface area contributed by atoms with Crippen molar-refractivity contribution in [1.29, 1.82) is 0 Å². The topological polar surface area (TPSA) is 105 Å². The van der Waals surface area contributed by atoms with Gasteiger partial charge in [0.15, 0.2) is 11.5 Å². The third kappa shape index (κ3) is 8.48. The molecule has 1 aliphatic rings. The number of hydrogen-bond acceptors (Lipinski definition) is 6. The predicted octanol–water partition coefficient (Wildman–Crippen LogP) is 4.17. The second-order valence-electron chi connectivity index (χ2n) is 10.6. The fourth-order valence-electron chi connectivity index (χ4n) is 4.91. The molecule has 10 heteroatoms. The van der Waals surface area contributed by atoms with Crippen molar-refractivity contribution < 1.29 is 27.5 Å². The summed E-state index contributed by atoms with van der Waals surface area (Å²) in [6.45, 7) is 4.93. The lowest BCUT2D eigenvalue weighted by Crippen LogP contribution is -2.51. The summed E-state index contributed by atoms with van der Waals surface area (Å²) in [6, 6.07) is 23.3. The molecule has 1 heterocycles. The van der Waals surface area contributed by atoms with Crippen LogP contribution in [0, 0.1) is 0 Å². The van der Waals surface area contributed by atoms with E-state index in [1.165, 1.54) is 4.31 Å². The van der Waals surface area contributed by atoms with Crippen molar-refractivity contribution in [2.24, 2.45) is 0 Å². The van der Waals surface area contributed by atoms with E-state index < -0.39 is 16.1 Å². The molecular weight excluding hydrogens is 554 g/mol. The van der Waals surface area contributed by atoms with Crippen molar-refractivity contribution in [3.05, 3.63) is 90.0 Å². The fraction of sp³-hybridized carbons (Fsp3) is 0.375. The number of hydrogen-bond donors (Lipinski definition) is 1. The number of fused-ring (bicyclic) bond motifs is 1. The first-order chi connectivity index (χ1) is 20.1. The van der Waals surface area contributed by atoms with E-state index in [4.69, 9.17) is 9.47 Å². The lowest BCUT2D eigenvalue weighted by atomic mass is 10.0. The van der Waals surface area contributed by atoms with Crippen molar-refractivity contribution in [2.75, 3.05) is 30.3 Å². The van der Waals surface area contributed by atoms with Gasteiger partial charge in [0.25, 0.3) is 0 Å². The highest BCUT2D eigenvalue weighted by molar-refractivity contribution is 7.92. The Morgan fingerprint density at radius 3 is 2.12 bits per heavy atom. The zero-order chi connectivity index (χ0) is 30.1. The highest BCUT2D eigenvalue weighted by atomic mass is 32.2. The number of ether oxygens (including phenoxy) is 2. The molecule has 0 bridgehead atoms. The van der Waals surface area contributed by atoms with E-state index in [1.807, 2.05) is 74.5 Å². The first kappa shape index (κ1) is 30.9. The smallest absolute Gasteiger partial charge is 0.243 e. The van der Waals surface area contributed by atoms with Gasteiger partial charge in [0.05, 0.1) is 11.9 Å². The average Bonchev–Trinajstić information content (AvgIpc) is 2.97. The van der Waals surface area contributed by atoms with E-state index in [2.05, 4.69) is 5.32 Å². The standard InChI is InChI=1S/C32H39N3O6S/c1-24(2)33-32(37)28(21-25-11-6-4-7-12-25)34(23-26-13-8-5-9-14-26)31(36)15-10-18-35(42(3,38)39)27-16-17-29-30(22-27)41-20-19-40-29/h4-9,11-14,16-17,22,24,28H,10,15,18-21,23H2,1-3H3,(H,33,37)/t28-/m0/s1. The van der Waals surface area contributed by atoms with Gasteiger partial charge in [-0.3, -0.25) is 13.9 Å². The van der Waals surface area contributed by atoms with Crippen molar-refractivity contribution in [1.82, 2.24) is 10.2 Å². The molecule has 2 amide bonds. The third-order valence-electron chi connectivity index (χ3n) is 6.86. The van der Waals surface area contributed by atoms with Crippen molar-refractivity contribution in [3.63, 3.8) is 0 Å². The molecule has 42 heavy (non-hydrogen) atoms. The molecule has 0 radical (unpaired) electrons. The Morgan fingerprint density at radius 1 is 0.881 bits per heavy atom. The van der Waals surface area contributed by atoms with Gasteiger partial charge in [-0.1, -0.05) is 60.7 Å². The van der Waals surface area contributed by atoms with Gasteiger partial charge in [0, 0.05) is 38.0 Å². The van der Waals surface area contributed by atoms with Crippen LogP contribution in [0.4, 0.5) is 5.69 Å². The summed E-state index contributed by atoms with van der Waals surface area (Å²) in [5.41, 5.74) is 2.28. The van der Waals surface area contributed by atoms with Crippen LogP contribution in [0.15, 0.2) is 78.9 Å². The number of sulfonamides is 1. The Morgan fingerprint density at radius 2 is 1.50 bits per heavy atom. The van der Waals surface area contributed by atoms with Crippen molar-refractivity contribution >= 4 is 27.5 Å². The van der Waals surface area contributed by atoms with E-state index >= 15 is 0 Å². The summed E-state index contributed by atoms with van der Waals surface area (Å²) < 4.78 is 38.0. The van der Waals surface area contributed by atoms with Gasteiger partial charge in [-0.2, -0.15) is 0 Å². The number of benzene rings is 3. The lowest BCUT2D eigenvalue weighted by Gasteiger charge is -2.32. The minimum atomic E-state index is -3.65. The largest absolute Gasteiger partial charge is 0.486 e. The van der Waals surface area contributed by atoms with E-state index in [0.29, 0.717) is 36.8 Å². The monoisotopic (exact) mass is 593 g/mol. The molecule has 0 saturated heterocycles. The number of nitrogens with one attached hydrogen (secondary N) is 1. The molecule has 0 saturated carbocycles. The highest BCUT2D eigenvalue weighted by Gasteiger charge is 2.31. The van der Waals surface area contributed by atoms with Gasteiger partial charge < -0.3 is 19.7 Å². The van der Waals surface area contributed by atoms with Crippen molar-refractivity contribution in [2.45, 2.75) is 51.7 Å². The molecule has 3 aromatic carbocycles. The Kier molecular flexibility index (Phi) is 10.5. The number of nitrogens with zero attached hydrogens (tertiary/aromatic N) is 2. The first-order valence-corrected chi connectivity index (χ1v) is 16.0. The van der Waals surface area contributed by atoms with E-state index in [-0.39, 0.29) is 43.8 Å². The van der Waals surface area contributed by atoms with Gasteiger partial charge >= 0.3 is 0 Å². The van der Waals surface area contributed by atoms with Gasteiger partial charge in [-0.25, -0.2) is 8.42 Å². The molecule has 1 atom stereocenters. The molecule has 0 aliphatic carbocycles. The quantitative estimate of drug-likeness (QED) is 0.319. The van der Waals surface area contributed by atoms with Gasteiger partial charge in [-0.15, -0.1) is 0 Å². The van der Waals surface area contributed by atoms with Gasteiger partial charge in [0.2, 0.25) is 21.8 Å². The van der Waals surface area contributed by atoms with Crippen LogP contribution in [0.5, 0.6) is 11.5 Å². The van der Waals surface area contributed by atoms with Crippen molar-refractivity contribution in [3.8, 4) is 11.5 Å². The molecule has 4 rings (SSSR count). The van der Waals surface area contributed by atoms with E-state index in [9.17, 15) is 18.0 Å². The van der Waals surface area contributed by atoms with Crippen LogP contribution in [0.1, 0.15) is 37.8 Å². The maximum atomic E-state index is 13.9. The number of carbonyl (C=O) groups excluding carboxylic acids is 2. The molecular formula is C32H39N3O6S. The van der Waals surface area contributed by atoms with Crippen LogP contribution < -0.4 is 19.1 Å². The van der Waals surface area contributed by atoms with E-state index in [0.717, 1.165) is 17.4 Å². The Balaban J connectivity index is 1.55. The summed E-state index contributed by atoms with van der Waals surface area (Å²) in [5, 5.41) is 2.98. The third-order valence-corrected chi connectivity index (χ3v) is 8.06. The molecule has 0 unspecified atom stereocenters. The summed E-state index contributed by atoms with van der Waals surface area (Å²) in [7, 11) is -3.65. The van der Waals surface area contributed by atoms with Gasteiger partial charge in [0.1, 0.15) is 19.3 Å². The summed E-state index contributed by atoms with van der Waals surface area (Å²) >= 11 is 0. The summed E-state index contributed by atoms with van der Waals surface area (Å²) in [4.78, 5) is 29.0. The van der Waals surface area contributed by atoms with Crippen LogP contribution in [0.2, 0.25) is 0 Å². The van der Waals surface area contributed by atoms with Crippen LogP contribution >= 0.6 is 0 Å². The highest BCUT2D eigenvalue weighted by Crippen LogP contribution is 2.34. The molecule has 1 N–H and O–H groups in total. The van der Waals surface area contributed by atoms with Gasteiger partial charge in [-0.05, 0) is 43.5 Å². The second-order valence-corrected chi connectivity index (χ2v) is 12.5. The molecule has 0 spiro atoms. The average molecular weight is 594 g/mol. The predicted molar refractivity (Wildman–Crippen MR) is 163 cm³/mol. The number of carbonyl (C=O) groups is 2. The molecule has 3 aromatic rings. The number of anilines is 1. The van der Waals surface area contributed by atoms with Crippen LogP contribution in [0.25, 0.3) is 0 Å². The van der Waals surface area contributed by atoms with Crippen LogP contribution in [0.3, 0.4) is 0 Å². The zero-order valence-electron chi connectivity index (χ0n) is 24.4. The van der Waals surface area contributed by atoms with Crippen LogP contribution in [-0.4, -0.2) is 63.2 Å². The zero-order valence-corrected chi connectivity index (χ0v) is 25.2. The molecule has 224 valence electrons. The van der Waals surface area contributed by atoms with E-state index in [1.54, 1.807) is 23.1 Å². The first-order valence-electron chi connectivity index (χ1n) is 14.2.